The van der Waals surface area contributed by atoms with Crippen molar-refractivity contribution in [2.45, 2.75) is 6.92 Å². The zero-order valence-electron chi connectivity index (χ0n) is 10.0. The van der Waals surface area contributed by atoms with Crippen molar-refractivity contribution < 1.29 is 9.21 Å². The van der Waals surface area contributed by atoms with Crippen molar-refractivity contribution in [1.29, 1.82) is 0 Å². The topological polar surface area (TPSA) is 83.8 Å². The van der Waals surface area contributed by atoms with Gasteiger partial charge in [-0.15, -0.1) is 11.3 Å². The summed E-state index contributed by atoms with van der Waals surface area (Å²) < 4.78 is 5.23. The number of aromatic nitrogens is 3. The SMILES string of the molecule is Cc1cc(NC(=O)c2csc(-c3ccco3)n2)n[nH]1. The summed E-state index contributed by atoms with van der Waals surface area (Å²) in [7, 11) is 0. The number of thiazole rings is 1. The molecule has 0 spiro atoms. The Hall–Kier alpha value is -2.41. The van der Waals surface area contributed by atoms with Gasteiger partial charge in [-0.05, 0) is 19.1 Å². The van der Waals surface area contributed by atoms with Gasteiger partial charge in [-0.2, -0.15) is 5.10 Å². The van der Waals surface area contributed by atoms with Crippen LogP contribution in [0.15, 0.2) is 34.3 Å². The van der Waals surface area contributed by atoms with Crippen molar-refractivity contribution in [2.75, 3.05) is 5.32 Å². The summed E-state index contributed by atoms with van der Waals surface area (Å²) in [6.45, 7) is 1.86. The minimum Gasteiger partial charge on any atom is -0.462 e. The van der Waals surface area contributed by atoms with E-state index < -0.39 is 0 Å². The van der Waals surface area contributed by atoms with E-state index >= 15 is 0 Å². The smallest absolute Gasteiger partial charge is 0.276 e. The molecule has 1 amide bonds. The van der Waals surface area contributed by atoms with Crippen LogP contribution in [0.25, 0.3) is 10.8 Å². The molecule has 3 aromatic rings. The molecule has 0 saturated carbocycles. The molecule has 0 saturated heterocycles. The molecule has 2 N–H and O–H groups in total. The fourth-order valence-electron chi connectivity index (χ4n) is 1.55. The number of amides is 1. The van der Waals surface area contributed by atoms with Crippen LogP contribution in [0, 0.1) is 6.92 Å². The highest BCUT2D eigenvalue weighted by Crippen LogP contribution is 2.24. The number of carbonyl (C=O) groups is 1. The van der Waals surface area contributed by atoms with E-state index in [9.17, 15) is 4.79 Å². The Morgan fingerprint density at radius 1 is 1.53 bits per heavy atom. The molecular formula is C12H10N4O2S. The highest BCUT2D eigenvalue weighted by molar-refractivity contribution is 7.13. The van der Waals surface area contributed by atoms with Gasteiger partial charge in [0.05, 0.1) is 6.26 Å². The third kappa shape index (κ3) is 2.41. The number of carbonyl (C=O) groups excluding carboxylic acids is 1. The number of anilines is 1. The van der Waals surface area contributed by atoms with Crippen LogP contribution in [0.4, 0.5) is 5.82 Å². The van der Waals surface area contributed by atoms with Gasteiger partial charge in [-0.25, -0.2) is 4.98 Å². The Morgan fingerprint density at radius 3 is 3.11 bits per heavy atom. The fourth-order valence-corrected chi connectivity index (χ4v) is 2.32. The number of rotatable bonds is 3. The molecule has 0 fully saturated rings. The van der Waals surface area contributed by atoms with E-state index in [4.69, 9.17) is 4.42 Å². The fraction of sp³-hybridized carbons (Fsp3) is 0.0833. The molecule has 0 aliphatic heterocycles. The molecule has 0 atom stereocenters. The molecule has 3 rings (SSSR count). The first-order valence-corrected chi connectivity index (χ1v) is 6.43. The first-order chi connectivity index (χ1) is 9.22. The van der Waals surface area contributed by atoms with Crippen molar-refractivity contribution in [3.05, 3.63) is 41.2 Å². The Balaban J connectivity index is 1.77. The van der Waals surface area contributed by atoms with Crippen LogP contribution in [-0.4, -0.2) is 21.1 Å². The highest BCUT2D eigenvalue weighted by Gasteiger charge is 2.14. The lowest BCUT2D eigenvalue weighted by molar-refractivity contribution is 0.102. The summed E-state index contributed by atoms with van der Waals surface area (Å²) in [4.78, 5) is 16.2. The summed E-state index contributed by atoms with van der Waals surface area (Å²) in [6, 6.07) is 5.33. The van der Waals surface area contributed by atoms with Crippen LogP contribution in [0.3, 0.4) is 0 Å². The molecule has 0 radical (unpaired) electrons. The van der Waals surface area contributed by atoms with Gasteiger partial charge < -0.3 is 9.73 Å². The molecule has 0 aromatic carbocycles. The second-order valence-corrected chi connectivity index (χ2v) is 4.76. The van der Waals surface area contributed by atoms with E-state index in [1.165, 1.54) is 11.3 Å². The second-order valence-electron chi connectivity index (χ2n) is 3.91. The summed E-state index contributed by atoms with van der Waals surface area (Å²) >= 11 is 1.36. The molecule has 96 valence electrons. The molecule has 0 aliphatic rings. The van der Waals surface area contributed by atoms with Gasteiger partial charge in [-0.1, -0.05) is 0 Å². The molecule has 19 heavy (non-hydrogen) atoms. The molecular weight excluding hydrogens is 264 g/mol. The van der Waals surface area contributed by atoms with Gasteiger partial charge in [0.2, 0.25) is 0 Å². The number of H-pyrrole nitrogens is 1. The molecule has 7 heteroatoms. The van der Waals surface area contributed by atoms with Crippen LogP contribution in [0.2, 0.25) is 0 Å². The van der Waals surface area contributed by atoms with Crippen molar-refractivity contribution >= 4 is 23.1 Å². The van der Waals surface area contributed by atoms with E-state index in [-0.39, 0.29) is 5.91 Å². The van der Waals surface area contributed by atoms with Gasteiger partial charge in [0.1, 0.15) is 5.69 Å². The predicted octanol–water partition coefficient (Wildman–Crippen LogP) is 2.69. The molecule has 0 aliphatic carbocycles. The Bertz CT molecular complexity index is 699. The zero-order valence-corrected chi connectivity index (χ0v) is 10.8. The molecule has 6 nitrogen and oxygen atoms in total. The van der Waals surface area contributed by atoms with E-state index in [0.717, 1.165) is 5.69 Å². The molecule has 0 bridgehead atoms. The van der Waals surface area contributed by atoms with Crippen molar-refractivity contribution in [3.8, 4) is 10.8 Å². The normalized spacial score (nSPS) is 10.6. The lowest BCUT2D eigenvalue weighted by atomic mass is 10.4. The zero-order chi connectivity index (χ0) is 13.2. The van der Waals surface area contributed by atoms with Gasteiger partial charge in [0.15, 0.2) is 16.6 Å². The summed E-state index contributed by atoms with van der Waals surface area (Å²) in [5.41, 5.74) is 1.22. The van der Waals surface area contributed by atoms with Gasteiger partial charge >= 0.3 is 0 Å². The first kappa shape index (κ1) is 11.7. The van der Waals surface area contributed by atoms with E-state index in [2.05, 4.69) is 20.5 Å². The minimum atomic E-state index is -0.291. The predicted molar refractivity (Wildman–Crippen MR) is 71.1 cm³/mol. The number of nitrogens with one attached hydrogen (secondary N) is 2. The molecule has 0 unspecified atom stereocenters. The summed E-state index contributed by atoms with van der Waals surface area (Å²) in [6.07, 6.45) is 1.57. The Labute approximate surface area is 112 Å². The maximum atomic E-state index is 12.0. The van der Waals surface area contributed by atoms with E-state index in [1.807, 2.05) is 6.92 Å². The number of aryl methyl sites for hydroxylation is 1. The van der Waals surface area contributed by atoms with E-state index in [1.54, 1.807) is 29.8 Å². The standard InChI is InChI=1S/C12H10N4O2S/c1-7-5-10(16-15-7)14-11(17)8-6-19-12(13-8)9-3-2-4-18-9/h2-6H,1H3,(H2,14,15,16,17). The van der Waals surface area contributed by atoms with Gasteiger partial charge in [0, 0.05) is 17.1 Å². The van der Waals surface area contributed by atoms with Crippen LogP contribution < -0.4 is 5.32 Å². The number of aromatic amines is 1. The number of nitrogens with zero attached hydrogens (tertiary/aromatic N) is 2. The third-order valence-electron chi connectivity index (χ3n) is 2.42. The molecule has 3 heterocycles. The maximum Gasteiger partial charge on any atom is 0.276 e. The summed E-state index contributed by atoms with van der Waals surface area (Å²) in [5, 5.41) is 11.7. The lowest BCUT2D eigenvalue weighted by Gasteiger charge is -1.96. The largest absolute Gasteiger partial charge is 0.462 e. The number of hydrogen-bond donors (Lipinski definition) is 2. The Morgan fingerprint density at radius 2 is 2.42 bits per heavy atom. The second kappa shape index (κ2) is 4.69. The van der Waals surface area contributed by atoms with Crippen molar-refractivity contribution in [1.82, 2.24) is 15.2 Å². The third-order valence-corrected chi connectivity index (χ3v) is 3.27. The van der Waals surface area contributed by atoms with Crippen LogP contribution >= 0.6 is 11.3 Å². The highest BCUT2D eigenvalue weighted by atomic mass is 32.1. The van der Waals surface area contributed by atoms with Gasteiger partial charge in [0.25, 0.3) is 5.91 Å². The quantitative estimate of drug-likeness (QED) is 0.769. The molecule has 3 aromatic heterocycles. The van der Waals surface area contributed by atoms with Crippen molar-refractivity contribution in [2.24, 2.45) is 0 Å². The first-order valence-electron chi connectivity index (χ1n) is 5.55. The van der Waals surface area contributed by atoms with E-state index in [0.29, 0.717) is 22.3 Å². The minimum absolute atomic E-state index is 0.291. The lowest BCUT2D eigenvalue weighted by Crippen LogP contribution is -2.12. The Kier molecular flexibility index (Phi) is 2.88. The number of furan rings is 1. The number of hydrogen-bond acceptors (Lipinski definition) is 5. The average molecular weight is 274 g/mol. The van der Waals surface area contributed by atoms with Crippen LogP contribution in [0.5, 0.6) is 0 Å². The van der Waals surface area contributed by atoms with Crippen molar-refractivity contribution in [3.63, 3.8) is 0 Å². The summed E-state index contributed by atoms with van der Waals surface area (Å²) in [5.74, 6) is 0.843. The van der Waals surface area contributed by atoms with Gasteiger partial charge in [-0.3, -0.25) is 9.89 Å². The average Bonchev–Trinajstić information content (AvgIpc) is 3.08. The monoisotopic (exact) mass is 274 g/mol. The van der Waals surface area contributed by atoms with Crippen LogP contribution in [0.1, 0.15) is 16.2 Å². The maximum absolute atomic E-state index is 12.0. The van der Waals surface area contributed by atoms with Crippen LogP contribution in [-0.2, 0) is 0 Å².